The number of carbonyl (C=O) groups excluding carboxylic acids is 1. The van der Waals surface area contributed by atoms with E-state index in [0.29, 0.717) is 36.3 Å². The zero-order chi connectivity index (χ0) is 24.1. The van der Waals surface area contributed by atoms with Gasteiger partial charge in [0.05, 0.1) is 45.8 Å². The molecule has 1 fully saturated rings. The molecule has 3 aromatic rings. The number of fused-ring (bicyclic) bond motifs is 1. The summed E-state index contributed by atoms with van der Waals surface area (Å²) in [6, 6.07) is 4.62. The standard InChI is InChI=1S/C21H21ClF2N4O4S/c1-11-5-18-19(8-16(11)23)28(10-13-9-27(12(2)29)3-4-32-13)21(26-18)20-15(22)6-14(7-17(20)24)33(25,30)31/h5-8,13H,3-4,9-10H2,1-2H3,(H2,25,30,31)/t13-/m1/s1. The number of halogens is 3. The maximum Gasteiger partial charge on any atom is 0.238 e. The van der Waals surface area contributed by atoms with E-state index in [4.69, 9.17) is 21.5 Å². The van der Waals surface area contributed by atoms with E-state index in [1.54, 1.807) is 16.4 Å². The molecule has 1 amide bonds. The van der Waals surface area contributed by atoms with Crippen molar-refractivity contribution in [2.45, 2.75) is 31.4 Å². The molecule has 2 N–H and O–H groups in total. The predicted molar refractivity (Wildman–Crippen MR) is 118 cm³/mol. The van der Waals surface area contributed by atoms with Crippen LogP contribution in [-0.2, 0) is 26.1 Å². The van der Waals surface area contributed by atoms with Gasteiger partial charge in [-0.3, -0.25) is 4.79 Å². The van der Waals surface area contributed by atoms with Crippen LogP contribution in [0.3, 0.4) is 0 Å². The van der Waals surface area contributed by atoms with Crippen molar-refractivity contribution in [3.8, 4) is 11.4 Å². The first-order valence-electron chi connectivity index (χ1n) is 10.0. The molecule has 33 heavy (non-hydrogen) atoms. The molecule has 0 unspecified atom stereocenters. The molecule has 0 radical (unpaired) electrons. The maximum absolute atomic E-state index is 15.1. The normalized spacial score (nSPS) is 17.0. The molecular weight excluding hydrogens is 478 g/mol. The summed E-state index contributed by atoms with van der Waals surface area (Å²) in [5.74, 6) is -1.45. The van der Waals surface area contributed by atoms with Crippen molar-refractivity contribution in [2.24, 2.45) is 5.14 Å². The van der Waals surface area contributed by atoms with Crippen molar-refractivity contribution in [1.29, 1.82) is 0 Å². The molecular formula is C21H21ClF2N4O4S. The summed E-state index contributed by atoms with van der Waals surface area (Å²) in [7, 11) is -4.19. The molecule has 0 aliphatic carbocycles. The molecule has 0 spiro atoms. The first kappa shape index (κ1) is 23.6. The van der Waals surface area contributed by atoms with Crippen LogP contribution in [0.4, 0.5) is 8.78 Å². The highest BCUT2D eigenvalue weighted by atomic mass is 35.5. The summed E-state index contributed by atoms with van der Waals surface area (Å²) in [5, 5.41) is 4.88. The van der Waals surface area contributed by atoms with Gasteiger partial charge in [-0.2, -0.15) is 0 Å². The minimum atomic E-state index is -4.19. The average molecular weight is 499 g/mol. The summed E-state index contributed by atoms with van der Waals surface area (Å²) in [6.45, 7) is 4.23. The third-order valence-electron chi connectivity index (χ3n) is 5.57. The minimum Gasteiger partial charge on any atom is -0.373 e. The summed E-state index contributed by atoms with van der Waals surface area (Å²) in [4.78, 5) is 17.4. The highest BCUT2D eigenvalue weighted by Crippen LogP contribution is 2.35. The van der Waals surface area contributed by atoms with Crippen LogP contribution in [-0.4, -0.2) is 54.6 Å². The van der Waals surface area contributed by atoms with Gasteiger partial charge in [0, 0.05) is 26.1 Å². The fraction of sp³-hybridized carbons (Fsp3) is 0.333. The molecule has 2 aromatic carbocycles. The van der Waals surface area contributed by atoms with E-state index < -0.39 is 32.7 Å². The average Bonchev–Trinajstić information content (AvgIpc) is 3.04. The van der Waals surface area contributed by atoms with E-state index in [0.717, 1.165) is 12.1 Å². The lowest BCUT2D eigenvalue weighted by Gasteiger charge is -2.32. The summed E-state index contributed by atoms with van der Waals surface area (Å²) in [5.41, 5.74) is 0.973. The monoisotopic (exact) mass is 498 g/mol. The Labute approximate surface area is 193 Å². The molecule has 176 valence electrons. The van der Waals surface area contributed by atoms with Crippen LogP contribution in [0.5, 0.6) is 0 Å². The van der Waals surface area contributed by atoms with Crippen molar-refractivity contribution in [3.05, 3.63) is 46.5 Å². The van der Waals surface area contributed by atoms with Gasteiger partial charge in [-0.1, -0.05) is 11.6 Å². The van der Waals surface area contributed by atoms with Gasteiger partial charge in [-0.15, -0.1) is 0 Å². The van der Waals surface area contributed by atoms with Crippen molar-refractivity contribution < 1.29 is 26.7 Å². The lowest BCUT2D eigenvalue weighted by Crippen LogP contribution is -2.46. The largest absolute Gasteiger partial charge is 0.373 e. The Kier molecular flexibility index (Phi) is 6.16. The van der Waals surface area contributed by atoms with Crippen molar-refractivity contribution in [2.75, 3.05) is 19.7 Å². The van der Waals surface area contributed by atoms with Crippen LogP contribution in [0, 0.1) is 18.6 Å². The Balaban J connectivity index is 1.88. The number of sulfonamides is 1. The third kappa shape index (κ3) is 4.58. The number of primary sulfonamides is 1. The third-order valence-corrected chi connectivity index (χ3v) is 6.76. The second-order valence-corrected chi connectivity index (χ2v) is 9.87. The van der Waals surface area contributed by atoms with Gasteiger partial charge in [0.1, 0.15) is 17.5 Å². The molecule has 4 rings (SSSR count). The number of amides is 1. The lowest BCUT2D eigenvalue weighted by atomic mass is 10.1. The van der Waals surface area contributed by atoms with Crippen molar-refractivity contribution in [1.82, 2.24) is 14.5 Å². The Morgan fingerprint density at radius 1 is 1.27 bits per heavy atom. The number of rotatable bonds is 4. The van der Waals surface area contributed by atoms with Crippen molar-refractivity contribution >= 4 is 38.6 Å². The Bertz CT molecular complexity index is 1350. The summed E-state index contributed by atoms with van der Waals surface area (Å²) >= 11 is 6.27. The van der Waals surface area contributed by atoms with E-state index >= 15 is 4.39 Å². The summed E-state index contributed by atoms with van der Waals surface area (Å²) in [6.07, 6.45) is -0.464. The van der Waals surface area contributed by atoms with E-state index in [9.17, 15) is 17.6 Å². The zero-order valence-electron chi connectivity index (χ0n) is 17.8. The number of hydrogen-bond acceptors (Lipinski definition) is 5. The van der Waals surface area contributed by atoms with Gasteiger partial charge < -0.3 is 14.2 Å². The quantitative estimate of drug-likeness (QED) is 0.595. The van der Waals surface area contributed by atoms with Crippen LogP contribution >= 0.6 is 11.6 Å². The SMILES string of the molecule is CC(=O)N1CCO[C@@H](Cn2c(-c3c(F)cc(S(N)(=O)=O)cc3Cl)nc3cc(C)c(F)cc32)C1. The number of hydrogen-bond donors (Lipinski definition) is 1. The number of carbonyl (C=O) groups is 1. The van der Waals surface area contributed by atoms with Gasteiger partial charge in [0.2, 0.25) is 15.9 Å². The molecule has 2 heterocycles. The van der Waals surface area contributed by atoms with Crippen LogP contribution in [0.2, 0.25) is 5.02 Å². The number of aromatic nitrogens is 2. The molecule has 1 aromatic heterocycles. The molecule has 1 atom stereocenters. The first-order chi connectivity index (χ1) is 15.5. The maximum atomic E-state index is 15.1. The molecule has 0 bridgehead atoms. The summed E-state index contributed by atoms with van der Waals surface area (Å²) < 4.78 is 60.2. The lowest BCUT2D eigenvalue weighted by molar-refractivity contribution is -0.136. The fourth-order valence-electron chi connectivity index (χ4n) is 3.87. The minimum absolute atomic E-state index is 0.0713. The smallest absolute Gasteiger partial charge is 0.238 e. The Morgan fingerprint density at radius 2 is 2.00 bits per heavy atom. The number of nitrogens with zero attached hydrogens (tertiary/aromatic N) is 3. The number of morpholine rings is 1. The Hall–Kier alpha value is -2.60. The highest BCUT2D eigenvalue weighted by molar-refractivity contribution is 7.89. The number of aryl methyl sites for hydroxylation is 1. The first-order valence-corrected chi connectivity index (χ1v) is 11.9. The van der Waals surface area contributed by atoms with Gasteiger partial charge in [-0.25, -0.2) is 27.3 Å². The molecule has 1 saturated heterocycles. The van der Waals surface area contributed by atoms with Crippen LogP contribution in [0.25, 0.3) is 22.4 Å². The number of ether oxygens (including phenoxy) is 1. The molecule has 8 nitrogen and oxygen atoms in total. The van der Waals surface area contributed by atoms with Gasteiger partial charge in [-0.05, 0) is 30.7 Å². The van der Waals surface area contributed by atoms with Crippen molar-refractivity contribution in [3.63, 3.8) is 0 Å². The fourth-order valence-corrected chi connectivity index (χ4v) is 4.78. The van der Waals surface area contributed by atoms with E-state index in [1.165, 1.54) is 19.1 Å². The van der Waals surface area contributed by atoms with Crippen LogP contribution in [0.1, 0.15) is 12.5 Å². The van der Waals surface area contributed by atoms with Crippen LogP contribution in [0.15, 0.2) is 29.2 Å². The molecule has 0 saturated carbocycles. The van der Waals surface area contributed by atoms with E-state index in [1.807, 2.05) is 0 Å². The van der Waals surface area contributed by atoms with E-state index in [-0.39, 0.29) is 28.9 Å². The van der Waals surface area contributed by atoms with Gasteiger partial charge in [0.25, 0.3) is 0 Å². The molecule has 1 aliphatic rings. The Morgan fingerprint density at radius 3 is 2.64 bits per heavy atom. The second kappa shape index (κ2) is 8.64. The van der Waals surface area contributed by atoms with E-state index in [2.05, 4.69) is 4.98 Å². The highest BCUT2D eigenvalue weighted by Gasteiger charge is 2.27. The second-order valence-electron chi connectivity index (χ2n) is 7.90. The predicted octanol–water partition coefficient (Wildman–Crippen LogP) is 2.84. The number of imidazole rings is 1. The van der Waals surface area contributed by atoms with Gasteiger partial charge in [0.15, 0.2) is 0 Å². The topological polar surface area (TPSA) is 108 Å². The zero-order valence-corrected chi connectivity index (χ0v) is 19.4. The molecule has 1 aliphatic heterocycles. The number of nitrogens with two attached hydrogens (primary N) is 1. The number of benzene rings is 2. The van der Waals surface area contributed by atoms with Crippen LogP contribution < -0.4 is 5.14 Å². The molecule has 12 heteroatoms. The van der Waals surface area contributed by atoms with Gasteiger partial charge >= 0.3 is 0 Å².